The van der Waals surface area contributed by atoms with Gasteiger partial charge in [0, 0.05) is 17.7 Å². The molecule has 1 aromatic heterocycles. The molecule has 0 aliphatic carbocycles. The second-order valence-corrected chi connectivity index (χ2v) is 8.91. The average Bonchev–Trinajstić information content (AvgIpc) is 3.20. The number of rotatable bonds is 7. The number of anilines is 1. The third kappa shape index (κ3) is 5.73. The number of thiazole rings is 1. The minimum atomic E-state index is -0.231. The van der Waals surface area contributed by atoms with Crippen LogP contribution in [0.15, 0.2) is 84.9 Å². The lowest BCUT2D eigenvalue weighted by atomic mass is 10.1. The zero-order valence-electron chi connectivity index (χ0n) is 18.5. The summed E-state index contributed by atoms with van der Waals surface area (Å²) in [5, 5.41) is 6.89. The number of hydrogen-bond donors (Lipinski definition) is 2. The van der Waals surface area contributed by atoms with Crippen molar-refractivity contribution in [1.29, 1.82) is 0 Å². The first-order valence-electron chi connectivity index (χ1n) is 10.8. The van der Waals surface area contributed by atoms with Crippen molar-refractivity contribution in [2.24, 2.45) is 0 Å². The first-order valence-corrected chi connectivity index (χ1v) is 11.6. The van der Waals surface area contributed by atoms with Gasteiger partial charge in [0.25, 0.3) is 11.8 Å². The number of nitrogens with one attached hydrogen (secondary N) is 2. The molecule has 3 aromatic carbocycles. The number of benzene rings is 3. The second-order valence-electron chi connectivity index (χ2n) is 7.83. The molecule has 0 saturated heterocycles. The van der Waals surface area contributed by atoms with Gasteiger partial charge in [-0.05, 0) is 49.2 Å². The molecule has 33 heavy (non-hydrogen) atoms. The van der Waals surface area contributed by atoms with Crippen LogP contribution in [0.3, 0.4) is 0 Å². The maximum atomic E-state index is 13.0. The number of nitrogens with zero attached hydrogens (tertiary/aromatic N) is 1. The summed E-state index contributed by atoms with van der Waals surface area (Å²) in [6.45, 7) is 3.79. The van der Waals surface area contributed by atoms with E-state index in [0.29, 0.717) is 22.5 Å². The summed E-state index contributed by atoms with van der Waals surface area (Å²) in [6.07, 6.45) is 0.707. The molecule has 6 heteroatoms. The van der Waals surface area contributed by atoms with E-state index < -0.39 is 0 Å². The van der Waals surface area contributed by atoms with E-state index in [9.17, 15) is 9.59 Å². The van der Waals surface area contributed by atoms with E-state index in [1.165, 1.54) is 16.9 Å². The van der Waals surface area contributed by atoms with Gasteiger partial charge in [0.05, 0.1) is 16.7 Å². The third-order valence-electron chi connectivity index (χ3n) is 5.27. The van der Waals surface area contributed by atoms with Crippen LogP contribution >= 0.6 is 11.3 Å². The molecule has 0 saturated carbocycles. The summed E-state index contributed by atoms with van der Waals surface area (Å²) in [7, 11) is 0. The molecular weight excluding hydrogens is 430 g/mol. The van der Waals surface area contributed by atoms with Gasteiger partial charge in [0.15, 0.2) is 0 Å². The fourth-order valence-electron chi connectivity index (χ4n) is 3.53. The van der Waals surface area contributed by atoms with Crippen molar-refractivity contribution in [3.05, 3.63) is 117 Å². The first-order chi connectivity index (χ1) is 16.0. The average molecular weight is 456 g/mol. The minimum Gasteiger partial charge on any atom is -0.345 e. The Kier molecular flexibility index (Phi) is 6.95. The number of hydrogen-bond acceptors (Lipinski definition) is 4. The molecule has 2 amide bonds. The summed E-state index contributed by atoms with van der Waals surface area (Å²) < 4.78 is 0. The van der Waals surface area contributed by atoms with Gasteiger partial charge in [-0.15, -0.1) is 11.3 Å². The van der Waals surface area contributed by atoms with Crippen molar-refractivity contribution < 1.29 is 9.59 Å². The standard InChI is InChI=1S/C27H25N3O2S/c1-18(22-14-9-15-23(17-22)30-26(31)21-12-7-4-8-13-21)29-27(32)25-19(2)28-24(33-25)16-20-10-5-3-6-11-20/h3-15,17-18H,16H2,1-2H3,(H,29,32)(H,30,31). The van der Waals surface area contributed by atoms with Gasteiger partial charge in [0.1, 0.15) is 4.88 Å². The van der Waals surface area contributed by atoms with Crippen LogP contribution in [0.5, 0.6) is 0 Å². The Hall–Kier alpha value is -3.77. The van der Waals surface area contributed by atoms with Crippen LogP contribution in [0, 0.1) is 6.92 Å². The molecular formula is C27H25N3O2S. The van der Waals surface area contributed by atoms with E-state index in [2.05, 4.69) is 27.8 Å². The Balaban J connectivity index is 1.42. The summed E-state index contributed by atoms with van der Waals surface area (Å²) in [6, 6.07) is 26.5. The molecule has 5 nitrogen and oxygen atoms in total. The Morgan fingerprint density at radius 1 is 0.909 bits per heavy atom. The van der Waals surface area contributed by atoms with Crippen LogP contribution in [0.4, 0.5) is 5.69 Å². The topological polar surface area (TPSA) is 71.1 Å². The van der Waals surface area contributed by atoms with E-state index in [4.69, 9.17) is 0 Å². The van der Waals surface area contributed by atoms with Crippen molar-refractivity contribution in [2.75, 3.05) is 5.32 Å². The van der Waals surface area contributed by atoms with Gasteiger partial charge in [-0.2, -0.15) is 0 Å². The Labute approximate surface area is 197 Å². The number of carbonyl (C=O) groups is 2. The van der Waals surface area contributed by atoms with Crippen LogP contribution in [-0.2, 0) is 6.42 Å². The molecule has 0 spiro atoms. The molecule has 1 unspecified atom stereocenters. The number of amides is 2. The van der Waals surface area contributed by atoms with E-state index >= 15 is 0 Å². The van der Waals surface area contributed by atoms with Crippen molar-refractivity contribution in [2.45, 2.75) is 26.3 Å². The number of aromatic nitrogens is 1. The lowest BCUT2D eigenvalue weighted by Gasteiger charge is -2.15. The van der Waals surface area contributed by atoms with Crippen LogP contribution in [-0.4, -0.2) is 16.8 Å². The highest BCUT2D eigenvalue weighted by Crippen LogP contribution is 2.23. The van der Waals surface area contributed by atoms with Gasteiger partial charge in [0.2, 0.25) is 0 Å². The lowest BCUT2D eigenvalue weighted by Crippen LogP contribution is -2.26. The smallest absolute Gasteiger partial charge is 0.263 e. The molecule has 4 aromatic rings. The first kappa shape index (κ1) is 22.4. The largest absolute Gasteiger partial charge is 0.345 e. The van der Waals surface area contributed by atoms with Crippen molar-refractivity contribution in [1.82, 2.24) is 10.3 Å². The zero-order valence-corrected chi connectivity index (χ0v) is 19.4. The molecule has 0 aliphatic heterocycles. The third-order valence-corrected chi connectivity index (χ3v) is 6.43. The molecule has 0 bridgehead atoms. The Morgan fingerprint density at radius 2 is 1.61 bits per heavy atom. The number of carbonyl (C=O) groups excluding carboxylic acids is 2. The molecule has 0 fully saturated rings. The van der Waals surface area contributed by atoms with E-state index in [0.717, 1.165) is 16.3 Å². The molecule has 2 N–H and O–H groups in total. The molecule has 0 aliphatic rings. The van der Waals surface area contributed by atoms with Crippen LogP contribution in [0.1, 0.15) is 54.8 Å². The van der Waals surface area contributed by atoms with Gasteiger partial charge in [-0.3, -0.25) is 9.59 Å². The van der Waals surface area contributed by atoms with Gasteiger partial charge < -0.3 is 10.6 Å². The van der Waals surface area contributed by atoms with Crippen LogP contribution in [0.25, 0.3) is 0 Å². The molecule has 4 rings (SSSR count). The Bertz CT molecular complexity index is 1250. The Morgan fingerprint density at radius 3 is 2.33 bits per heavy atom. The molecule has 0 radical (unpaired) electrons. The summed E-state index contributed by atoms with van der Waals surface area (Å²) in [5.41, 5.74) is 4.08. The normalized spacial score (nSPS) is 11.6. The van der Waals surface area contributed by atoms with Crippen molar-refractivity contribution in [3.63, 3.8) is 0 Å². The van der Waals surface area contributed by atoms with E-state index in [1.807, 2.05) is 74.5 Å². The summed E-state index contributed by atoms with van der Waals surface area (Å²) in [5.74, 6) is -0.314. The SMILES string of the molecule is Cc1nc(Cc2ccccc2)sc1C(=O)NC(C)c1cccc(NC(=O)c2ccccc2)c1. The zero-order chi connectivity index (χ0) is 23.2. The minimum absolute atomic E-state index is 0.143. The van der Waals surface area contributed by atoms with Crippen LogP contribution < -0.4 is 10.6 Å². The monoisotopic (exact) mass is 455 g/mol. The molecule has 1 heterocycles. The number of aryl methyl sites for hydroxylation is 1. The lowest BCUT2D eigenvalue weighted by molar-refractivity contribution is 0.0942. The van der Waals surface area contributed by atoms with Gasteiger partial charge in [-0.25, -0.2) is 4.98 Å². The van der Waals surface area contributed by atoms with Crippen molar-refractivity contribution in [3.8, 4) is 0 Å². The van der Waals surface area contributed by atoms with Crippen molar-refractivity contribution >= 4 is 28.8 Å². The van der Waals surface area contributed by atoms with Gasteiger partial charge in [-0.1, -0.05) is 60.7 Å². The molecule has 166 valence electrons. The highest BCUT2D eigenvalue weighted by Gasteiger charge is 2.18. The predicted octanol–water partition coefficient (Wildman–Crippen LogP) is 5.79. The maximum Gasteiger partial charge on any atom is 0.263 e. The van der Waals surface area contributed by atoms with E-state index in [1.54, 1.807) is 12.1 Å². The quantitative estimate of drug-likeness (QED) is 0.371. The highest BCUT2D eigenvalue weighted by atomic mass is 32.1. The fourth-order valence-corrected chi connectivity index (χ4v) is 4.54. The second kappa shape index (κ2) is 10.2. The summed E-state index contributed by atoms with van der Waals surface area (Å²) in [4.78, 5) is 30.6. The van der Waals surface area contributed by atoms with Gasteiger partial charge >= 0.3 is 0 Å². The molecule has 1 atom stereocenters. The van der Waals surface area contributed by atoms with Crippen LogP contribution in [0.2, 0.25) is 0 Å². The van der Waals surface area contributed by atoms with E-state index in [-0.39, 0.29) is 17.9 Å². The predicted molar refractivity (Wildman–Crippen MR) is 133 cm³/mol. The maximum absolute atomic E-state index is 13.0. The fraction of sp³-hybridized carbons (Fsp3) is 0.148. The highest BCUT2D eigenvalue weighted by molar-refractivity contribution is 7.13. The summed E-state index contributed by atoms with van der Waals surface area (Å²) >= 11 is 1.43.